The van der Waals surface area contributed by atoms with E-state index in [0.717, 1.165) is 12.8 Å². The Morgan fingerprint density at radius 2 is 2.29 bits per heavy atom. The molecule has 0 radical (unpaired) electrons. The predicted molar refractivity (Wildman–Crippen MR) is 55.4 cm³/mol. The maximum atomic E-state index is 9.59. The third-order valence-corrected chi connectivity index (χ3v) is 2.88. The van der Waals surface area contributed by atoms with Crippen molar-refractivity contribution in [3.05, 3.63) is 35.4 Å². The van der Waals surface area contributed by atoms with Gasteiger partial charge < -0.3 is 9.84 Å². The lowest BCUT2D eigenvalue weighted by Crippen LogP contribution is -2.24. The van der Waals surface area contributed by atoms with Crippen molar-refractivity contribution in [3.63, 3.8) is 0 Å². The Bertz CT molecular complexity index is 309. The lowest BCUT2D eigenvalue weighted by atomic mass is 9.75. The van der Waals surface area contributed by atoms with Crippen LogP contribution in [-0.2, 0) is 11.2 Å². The van der Waals surface area contributed by atoms with Crippen LogP contribution in [0.15, 0.2) is 24.3 Å². The molecule has 0 aromatic heterocycles. The Hall–Kier alpha value is -0.860. The molecule has 0 saturated carbocycles. The number of hydrogen-bond donors (Lipinski definition) is 1. The zero-order valence-corrected chi connectivity index (χ0v) is 8.44. The highest BCUT2D eigenvalue weighted by molar-refractivity contribution is 5.39. The molecule has 0 bridgehead atoms. The third-order valence-electron chi connectivity index (χ3n) is 2.88. The highest BCUT2D eigenvalue weighted by Crippen LogP contribution is 2.37. The van der Waals surface area contributed by atoms with E-state index in [2.05, 4.69) is 24.3 Å². The minimum absolute atomic E-state index is 0.321. The fourth-order valence-corrected chi connectivity index (χ4v) is 2.16. The quantitative estimate of drug-likeness (QED) is 0.787. The average molecular weight is 192 g/mol. The van der Waals surface area contributed by atoms with E-state index in [1.165, 1.54) is 11.1 Å². The molecule has 1 aliphatic carbocycles. The van der Waals surface area contributed by atoms with Gasteiger partial charge in [-0.3, -0.25) is 0 Å². The smallest absolute Gasteiger partial charge is 0.0779 e. The number of aliphatic hydroxyl groups excluding tert-OH is 1. The van der Waals surface area contributed by atoms with E-state index in [4.69, 9.17) is 4.74 Å². The van der Waals surface area contributed by atoms with E-state index in [1.54, 1.807) is 7.11 Å². The number of fused-ring (bicyclic) bond motifs is 1. The largest absolute Gasteiger partial charge is 0.391 e. The van der Waals surface area contributed by atoms with Crippen LogP contribution >= 0.6 is 0 Å². The summed E-state index contributed by atoms with van der Waals surface area (Å²) in [7, 11) is 1.62. The Labute approximate surface area is 84.5 Å². The van der Waals surface area contributed by atoms with E-state index in [9.17, 15) is 5.11 Å². The summed E-state index contributed by atoms with van der Waals surface area (Å²) in [4.78, 5) is 0. The van der Waals surface area contributed by atoms with Gasteiger partial charge in [0.05, 0.1) is 12.7 Å². The molecule has 2 nitrogen and oxygen atoms in total. The first-order chi connectivity index (χ1) is 6.81. The molecule has 0 fully saturated rings. The normalized spacial score (nSPS) is 21.1. The van der Waals surface area contributed by atoms with Crippen molar-refractivity contribution in [3.8, 4) is 0 Å². The van der Waals surface area contributed by atoms with Crippen LogP contribution in [0, 0.1) is 0 Å². The van der Waals surface area contributed by atoms with Crippen LogP contribution in [-0.4, -0.2) is 24.9 Å². The third kappa shape index (κ3) is 1.81. The predicted octanol–water partition coefficient (Wildman–Crippen LogP) is 1.72. The molecule has 14 heavy (non-hydrogen) atoms. The highest BCUT2D eigenvalue weighted by atomic mass is 16.5. The lowest BCUT2D eigenvalue weighted by Gasteiger charge is -2.31. The van der Waals surface area contributed by atoms with Gasteiger partial charge in [0.2, 0.25) is 0 Å². The van der Waals surface area contributed by atoms with Gasteiger partial charge in [0.25, 0.3) is 0 Å². The zero-order chi connectivity index (χ0) is 9.97. The monoisotopic (exact) mass is 192 g/mol. The summed E-state index contributed by atoms with van der Waals surface area (Å²) in [5.41, 5.74) is 2.84. The number of methoxy groups -OCH3 is 1. The molecule has 1 N–H and O–H groups in total. The first kappa shape index (κ1) is 9.69. The Kier molecular flexibility index (Phi) is 2.85. The first-order valence-corrected chi connectivity index (χ1v) is 5.06. The van der Waals surface area contributed by atoms with Gasteiger partial charge in [0.1, 0.15) is 0 Å². The molecule has 0 amide bonds. The van der Waals surface area contributed by atoms with Gasteiger partial charge in [-0.25, -0.2) is 0 Å². The Morgan fingerprint density at radius 3 is 3.00 bits per heavy atom. The van der Waals surface area contributed by atoms with Crippen molar-refractivity contribution in [1.82, 2.24) is 0 Å². The number of rotatable bonds is 4. The van der Waals surface area contributed by atoms with Crippen LogP contribution in [0.1, 0.15) is 23.5 Å². The van der Waals surface area contributed by atoms with Crippen molar-refractivity contribution in [2.24, 2.45) is 0 Å². The Balaban J connectivity index is 1.92. The number of ether oxygens (including phenoxy) is 1. The van der Waals surface area contributed by atoms with E-state index >= 15 is 0 Å². The minimum atomic E-state index is -0.321. The Morgan fingerprint density at radius 1 is 1.50 bits per heavy atom. The van der Waals surface area contributed by atoms with E-state index in [-0.39, 0.29) is 6.10 Å². The van der Waals surface area contributed by atoms with Gasteiger partial charge in [0.15, 0.2) is 0 Å². The van der Waals surface area contributed by atoms with Crippen LogP contribution in [0.2, 0.25) is 0 Å². The molecule has 2 rings (SSSR count). The van der Waals surface area contributed by atoms with Crippen molar-refractivity contribution in [1.29, 1.82) is 0 Å². The highest BCUT2D eigenvalue weighted by Gasteiger charge is 2.27. The van der Waals surface area contributed by atoms with Crippen molar-refractivity contribution in [2.75, 3.05) is 13.7 Å². The fraction of sp³-hybridized carbons (Fsp3) is 0.500. The van der Waals surface area contributed by atoms with E-state index in [1.807, 2.05) is 0 Å². The standard InChI is InChI=1S/C12H16O2/c1-14-8-11(13)7-10-6-9-4-2-3-5-12(9)10/h2-5,10-11,13H,6-8H2,1H3. The molecule has 1 aromatic carbocycles. The molecule has 0 aliphatic heterocycles. The average Bonchev–Trinajstić information content (AvgIpc) is 2.15. The van der Waals surface area contributed by atoms with Crippen LogP contribution < -0.4 is 0 Å². The SMILES string of the molecule is COCC(O)CC1Cc2ccccc21. The molecular formula is C12H16O2. The second kappa shape index (κ2) is 4.11. The number of aliphatic hydroxyl groups is 1. The number of benzene rings is 1. The molecule has 0 saturated heterocycles. The summed E-state index contributed by atoms with van der Waals surface area (Å²) in [5, 5.41) is 9.59. The van der Waals surface area contributed by atoms with Crippen molar-refractivity contribution in [2.45, 2.75) is 24.9 Å². The van der Waals surface area contributed by atoms with Crippen LogP contribution in [0.25, 0.3) is 0 Å². The van der Waals surface area contributed by atoms with Crippen LogP contribution in [0.5, 0.6) is 0 Å². The van der Waals surface area contributed by atoms with Crippen molar-refractivity contribution < 1.29 is 9.84 Å². The lowest BCUT2D eigenvalue weighted by molar-refractivity contribution is 0.0530. The fourth-order valence-electron chi connectivity index (χ4n) is 2.16. The van der Waals surface area contributed by atoms with E-state index < -0.39 is 0 Å². The number of hydrogen-bond acceptors (Lipinski definition) is 2. The summed E-state index contributed by atoms with van der Waals surface area (Å²) >= 11 is 0. The zero-order valence-electron chi connectivity index (χ0n) is 8.44. The molecular weight excluding hydrogens is 176 g/mol. The van der Waals surface area contributed by atoms with Gasteiger partial charge >= 0.3 is 0 Å². The summed E-state index contributed by atoms with van der Waals surface area (Å²) in [6, 6.07) is 8.45. The minimum Gasteiger partial charge on any atom is -0.391 e. The topological polar surface area (TPSA) is 29.5 Å². The second-order valence-electron chi connectivity index (χ2n) is 3.94. The maximum Gasteiger partial charge on any atom is 0.0779 e. The van der Waals surface area contributed by atoms with Gasteiger partial charge in [0, 0.05) is 7.11 Å². The summed E-state index contributed by atoms with van der Waals surface area (Å²) in [6.07, 6.45) is 1.61. The molecule has 1 aromatic rings. The first-order valence-electron chi connectivity index (χ1n) is 5.06. The van der Waals surface area contributed by atoms with Crippen LogP contribution in [0.4, 0.5) is 0 Å². The van der Waals surface area contributed by atoms with Gasteiger partial charge in [-0.05, 0) is 29.9 Å². The van der Waals surface area contributed by atoms with E-state index in [0.29, 0.717) is 12.5 Å². The molecule has 1 aliphatic rings. The second-order valence-corrected chi connectivity index (χ2v) is 3.94. The molecule has 0 heterocycles. The maximum absolute atomic E-state index is 9.59. The van der Waals surface area contributed by atoms with Gasteiger partial charge in [-0.1, -0.05) is 24.3 Å². The van der Waals surface area contributed by atoms with Gasteiger partial charge in [-0.2, -0.15) is 0 Å². The van der Waals surface area contributed by atoms with Gasteiger partial charge in [-0.15, -0.1) is 0 Å². The molecule has 2 unspecified atom stereocenters. The molecule has 0 spiro atoms. The molecule has 76 valence electrons. The molecule has 2 atom stereocenters. The molecule has 2 heteroatoms. The van der Waals surface area contributed by atoms with Crippen LogP contribution in [0.3, 0.4) is 0 Å². The van der Waals surface area contributed by atoms with Crippen molar-refractivity contribution >= 4 is 0 Å². The summed E-state index contributed by atoms with van der Waals surface area (Å²) in [5.74, 6) is 0.538. The summed E-state index contributed by atoms with van der Waals surface area (Å²) < 4.78 is 4.91. The summed E-state index contributed by atoms with van der Waals surface area (Å²) in [6.45, 7) is 0.443.